The molecule has 3 N–H and O–H groups in total. The van der Waals surface area contributed by atoms with Crippen molar-refractivity contribution in [2.24, 2.45) is 5.73 Å². The minimum Gasteiger partial charge on any atom is -0.496 e. The molecule has 3 aromatic carbocycles. The summed E-state index contributed by atoms with van der Waals surface area (Å²) in [6.45, 7) is 2.98. The summed E-state index contributed by atoms with van der Waals surface area (Å²) >= 11 is 0. The molecule has 0 amide bonds. The number of nitrogens with two attached hydrogens (primary N) is 1. The van der Waals surface area contributed by atoms with Crippen molar-refractivity contribution < 1.29 is 4.74 Å². The Labute approximate surface area is 179 Å². The summed E-state index contributed by atoms with van der Waals surface area (Å²) in [5.41, 5.74) is 12.2. The maximum Gasteiger partial charge on any atom is 0.128 e. The van der Waals surface area contributed by atoms with Crippen molar-refractivity contribution in [1.82, 2.24) is 4.98 Å². The fraction of sp³-hybridized carbons (Fsp3) is 0.333. The molecule has 30 heavy (non-hydrogen) atoms. The van der Waals surface area contributed by atoms with Crippen LogP contribution in [0.1, 0.15) is 43.7 Å². The second kappa shape index (κ2) is 9.36. The third kappa shape index (κ3) is 3.95. The van der Waals surface area contributed by atoms with Gasteiger partial charge in [0.2, 0.25) is 0 Å². The van der Waals surface area contributed by atoms with E-state index in [0.29, 0.717) is 0 Å². The van der Waals surface area contributed by atoms with Crippen molar-refractivity contribution >= 4 is 21.7 Å². The molecule has 4 rings (SSSR count). The van der Waals surface area contributed by atoms with Gasteiger partial charge in [0.05, 0.1) is 12.8 Å². The van der Waals surface area contributed by atoms with Gasteiger partial charge in [-0.1, -0.05) is 55.8 Å². The lowest BCUT2D eigenvalue weighted by molar-refractivity contribution is 0.417. The molecule has 3 heteroatoms. The van der Waals surface area contributed by atoms with Crippen LogP contribution in [0.2, 0.25) is 0 Å². The quantitative estimate of drug-likeness (QED) is 0.310. The van der Waals surface area contributed by atoms with Crippen molar-refractivity contribution in [1.29, 1.82) is 0 Å². The number of para-hydroxylation sites is 1. The standard InChI is InChI=1S/C27H32N2O/c1-3-4-10-19-13-9-15-22-23(14-7-8-16-28)27(29-26(19)22)24-17-20-11-5-6-12-21(20)18-25(24)30-2/h5-6,9,11-13,15,17-18,29H,3-4,7-8,10,14,16,28H2,1-2H3. The minimum absolute atomic E-state index is 0.735. The van der Waals surface area contributed by atoms with E-state index in [1.165, 1.54) is 51.3 Å². The summed E-state index contributed by atoms with van der Waals surface area (Å²) in [5.74, 6) is 0.912. The number of aromatic nitrogens is 1. The summed E-state index contributed by atoms with van der Waals surface area (Å²) in [5, 5.41) is 3.76. The number of methoxy groups -OCH3 is 1. The van der Waals surface area contributed by atoms with Gasteiger partial charge in [-0.15, -0.1) is 0 Å². The molecule has 1 aromatic heterocycles. The molecule has 0 atom stereocenters. The lowest BCUT2D eigenvalue weighted by Crippen LogP contribution is -1.99. The Kier molecular flexibility index (Phi) is 6.39. The first kappa shape index (κ1) is 20.5. The minimum atomic E-state index is 0.735. The fourth-order valence-corrected chi connectivity index (χ4v) is 4.43. The third-order valence-electron chi connectivity index (χ3n) is 6.05. The summed E-state index contributed by atoms with van der Waals surface area (Å²) in [7, 11) is 1.76. The van der Waals surface area contributed by atoms with Gasteiger partial charge in [-0.2, -0.15) is 0 Å². The van der Waals surface area contributed by atoms with E-state index in [0.717, 1.165) is 43.5 Å². The highest BCUT2D eigenvalue weighted by Crippen LogP contribution is 2.39. The largest absolute Gasteiger partial charge is 0.496 e. The lowest BCUT2D eigenvalue weighted by atomic mass is 9.96. The number of unbranched alkanes of at least 4 members (excludes halogenated alkanes) is 2. The SMILES string of the molecule is CCCCc1cccc2c(CCCCN)c(-c3cc4ccccc4cc3OC)[nH]c12. The molecule has 0 fully saturated rings. The van der Waals surface area contributed by atoms with Gasteiger partial charge >= 0.3 is 0 Å². The number of H-pyrrole nitrogens is 1. The summed E-state index contributed by atoms with van der Waals surface area (Å²) in [6, 6.07) is 19.6. The number of ether oxygens (including phenoxy) is 1. The number of hydrogen-bond donors (Lipinski definition) is 2. The monoisotopic (exact) mass is 400 g/mol. The fourth-order valence-electron chi connectivity index (χ4n) is 4.43. The highest BCUT2D eigenvalue weighted by Gasteiger charge is 2.18. The number of aromatic amines is 1. The zero-order valence-electron chi connectivity index (χ0n) is 18.1. The highest BCUT2D eigenvalue weighted by molar-refractivity contribution is 5.97. The Morgan fingerprint density at radius 3 is 2.43 bits per heavy atom. The predicted octanol–water partition coefficient (Wildman–Crippen LogP) is 6.62. The molecule has 0 unspecified atom stereocenters. The zero-order chi connectivity index (χ0) is 20.9. The summed E-state index contributed by atoms with van der Waals surface area (Å²) in [4.78, 5) is 3.81. The van der Waals surface area contributed by atoms with Gasteiger partial charge in [-0.05, 0) is 72.7 Å². The molecule has 0 saturated carbocycles. The van der Waals surface area contributed by atoms with Crippen molar-refractivity contribution in [3.63, 3.8) is 0 Å². The van der Waals surface area contributed by atoms with Crippen LogP contribution in [0.4, 0.5) is 0 Å². The Hall–Kier alpha value is -2.78. The average molecular weight is 401 g/mol. The average Bonchev–Trinajstić information content (AvgIpc) is 3.16. The number of fused-ring (bicyclic) bond motifs is 2. The van der Waals surface area contributed by atoms with Gasteiger partial charge < -0.3 is 15.5 Å². The first-order valence-corrected chi connectivity index (χ1v) is 11.2. The Morgan fingerprint density at radius 2 is 1.70 bits per heavy atom. The second-order valence-electron chi connectivity index (χ2n) is 8.07. The van der Waals surface area contributed by atoms with Crippen molar-refractivity contribution in [3.8, 4) is 17.0 Å². The third-order valence-corrected chi connectivity index (χ3v) is 6.05. The first-order valence-electron chi connectivity index (χ1n) is 11.2. The summed E-state index contributed by atoms with van der Waals surface area (Å²) < 4.78 is 5.84. The smallest absolute Gasteiger partial charge is 0.128 e. The molecule has 0 aliphatic heterocycles. The van der Waals surface area contributed by atoms with Gasteiger partial charge in [0.15, 0.2) is 0 Å². The molecular weight excluding hydrogens is 368 g/mol. The van der Waals surface area contributed by atoms with Crippen molar-refractivity contribution in [2.45, 2.75) is 45.4 Å². The molecule has 0 bridgehead atoms. The van der Waals surface area contributed by atoms with Crippen LogP contribution in [0.5, 0.6) is 5.75 Å². The topological polar surface area (TPSA) is 51.0 Å². The molecule has 0 aliphatic carbocycles. The van der Waals surface area contributed by atoms with Crippen molar-refractivity contribution in [2.75, 3.05) is 13.7 Å². The Morgan fingerprint density at radius 1 is 0.900 bits per heavy atom. The van der Waals surface area contributed by atoms with E-state index in [1.807, 2.05) is 0 Å². The van der Waals surface area contributed by atoms with Crippen LogP contribution in [0, 0.1) is 0 Å². The van der Waals surface area contributed by atoms with E-state index in [-0.39, 0.29) is 0 Å². The number of benzene rings is 3. The van der Waals surface area contributed by atoms with Crippen LogP contribution in [-0.4, -0.2) is 18.6 Å². The predicted molar refractivity (Wildman–Crippen MR) is 128 cm³/mol. The normalized spacial score (nSPS) is 11.4. The maximum atomic E-state index is 5.84. The summed E-state index contributed by atoms with van der Waals surface area (Å²) in [6.07, 6.45) is 6.65. The maximum absolute atomic E-state index is 5.84. The molecule has 3 nitrogen and oxygen atoms in total. The first-order chi connectivity index (χ1) is 14.8. The molecule has 0 radical (unpaired) electrons. The van der Waals surface area contributed by atoms with Crippen LogP contribution in [0.25, 0.3) is 32.9 Å². The molecule has 0 spiro atoms. The number of hydrogen-bond acceptors (Lipinski definition) is 2. The van der Waals surface area contributed by atoms with E-state index in [4.69, 9.17) is 10.5 Å². The van der Waals surface area contributed by atoms with Gasteiger partial charge in [-0.3, -0.25) is 0 Å². The van der Waals surface area contributed by atoms with Crippen LogP contribution in [0.15, 0.2) is 54.6 Å². The number of aryl methyl sites for hydroxylation is 2. The number of rotatable bonds is 9. The highest BCUT2D eigenvalue weighted by atomic mass is 16.5. The van der Waals surface area contributed by atoms with Gasteiger partial charge in [0, 0.05) is 16.5 Å². The van der Waals surface area contributed by atoms with Gasteiger partial charge in [0.1, 0.15) is 5.75 Å². The second-order valence-corrected chi connectivity index (χ2v) is 8.07. The van der Waals surface area contributed by atoms with Gasteiger partial charge in [0.25, 0.3) is 0 Å². The van der Waals surface area contributed by atoms with E-state index in [1.54, 1.807) is 7.11 Å². The van der Waals surface area contributed by atoms with Crippen LogP contribution in [-0.2, 0) is 12.8 Å². The lowest BCUT2D eigenvalue weighted by Gasteiger charge is -2.12. The van der Waals surface area contributed by atoms with E-state index in [9.17, 15) is 0 Å². The van der Waals surface area contributed by atoms with Crippen LogP contribution < -0.4 is 10.5 Å². The van der Waals surface area contributed by atoms with E-state index >= 15 is 0 Å². The van der Waals surface area contributed by atoms with E-state index in [2.05, 4.69) is 66.5 Å². The zero-order valence-corrected chi connectivity index (χ0v) is 18.1. The molecule has 0 aliphatic rings. The number of nitrogens with one attached hydrogen (secondary N) is 1. The van der Waals surface area contributed by atoms with Gasteiger partial charge in [-0.25, -0.2) is 0 Å². The Balaban J connectivity index is 1.92. The molecule has 156 valence electrons. The molecule has 4 aromatic rings. The van der Waals surface area contributed by atoms with Crippen LogP contribution >= 0.6 is 0 Å². The Bertz CT molecular complexity index is 1140. The molecular formula is C27H32N2O. The van der Waals surface area contributed by atoms with E-state index < -0.39 is 0 Å². The van der Waals surface area contributed by atoms with Crippen LogP contribution in [0.3, 0.4) is 0 Å². The van der Waals surface area contributed by atoms with Crippen molar-refractivity contribution in [3.05, 3.63) is 65.7 Å². The molecule has 1 heterocycles. The molecule has 0 saturated heterocycles.